The van der Waals surface area contributed by atoms with Gasteiger partial charge in [-0.1, -0.05) is 31.9 Å². The van der Waals surface area contributed by atoms with Gasteiger partial charge in [0.25, 0.3) is 0 Å². The Morgan fingerprint density at radius 3 is 2.67 bits per heavy atom. The van der Waals surface area contributed by atoms with Gasteiger partial charge in [0.05, 0.1) is 0 Å². The van der Waals surface area contributed by atoms with Crippen LogP contribution in [-0.2, 0) is 0 Å². The fourth-order valence-electron chi connectivity index (χ4n) is 0.703. The third-order valence-corrected chi connectivity index (χ3v) is 1.23. The maximum atomic E-state index is 2.38. The zero-order valence-electron chi connectivity index (χ0n) is 4.28. The molecule has 0 aliphatic carbocycles. The third kappa shape index (κ3) is 1.04. The Morgan fingerprint density at radius 1 is 1.83 bits per heavy atom. The van der Waals surface area contributed by atoms with Crippen molar-refractivity contribution in [2.45, 2.75) is 31.9 Å². The molecule has 1 aliphatic heterocycles. The second-order valence-electron chi connectivity index (χ2n) is 2.02. The zero-order valence-corrected chi connectivity index (χ0v) is 4.28. The first kappa shape index (κ1) is 4.23. The summed E-state index contributed by atoms with van der Waals surface area (Å²) in [5, 5.41) is 0. The summed E-state index contributed by atoms with van der Waals surface area (Å²) in [7, 11) is 2.38. The van der Waals surface area contributed by atoms with Gasteiger partial charge in [-0.3, -0.25) is 0 Å². The maximum absolute atomic E-state index is 2.38. The lowest BCUT2D eigenvalue weighted by atomic mass is 9.99. The first-order chi connectivity index (χ1) is 2.93. The van der Waals surface area contributed by atoms with Crippen molar-refractivity contribution in [2.24, 2.45) is 0 Å². The minimum Gasteiger partial charge on any atom is -0.0841 e. The predicted octanol–water partition coefficient (Wildman–Crippen LogP) is 1.71. The summed E-state index contributed by atoms with van der Waals surface area (Å²) < 4.78 is 0. The fraction of sp³-hybridized carbons (Fsp3) is 1.00. The van der Waals surface area contributed by atoms with Crippen molar-refractivity contribution in [3.63, 3.8) is 0 Å². The van der Waals surface area contributed by atoms with Crippen molar-refractivity contribution >= 4 is 7.28 Å². The number of hydrogen-bond donors (Lipinski definition) is 0. The average Bonchev–Trinajstić information content (AvgIpc) is 2.21. The lowest BCUT2D eigenvalue weighted by Gasteiger charge is -1.83. The van der Waals surface area contributed by atoms with E-state index in [0.29, 0.717) is 0 Å². The molecule has 1 rings (SSSR count). The molecule has 33 valence electrons. The monoisotopic (exact) mass is 81.1 g/mol. The van der Waals surface area contributed by atoms with Crippen molar-refractivity contribution in [1.29, 1.82) is 0 Å². The van der Waals surface area contributed by atoms with E-state index in [-0.39, 0.29) is 0 Å². The highest BCUT2D eigenvalue weighted by Crippen LogP contribution is 2.31. The minimum atomic E-state index is 1.02. The molecule has 1 heteroatoms. The van der Waals surface area contributed by atoms with Crippen molar-refractivity contribution in [1.82, 2.24) is 0 Å². The van der Waals surface area contributed by atoms with Gasteiger partial charge in [0.15, 0.2) is 0 Å². The van der Waals surface area contributed by atoms with Gasteiger partial charge in [0.1, 0.15) is 7.28 Å². The van der Waals surface area contributed by atoms with Crippen molar-refractivity contribution in [2.75, 3.05) is 0 Å². The molecule has 1 atom stereocenters. The predicted molar refractivity (Wildman–Crippen MR) is 29.2 cm³/mol. The van der Waals surface area contributed by atoms with Gasteiger partial charge in [0, 0.05) is 0 Å². The van der Waals surface area contributed by atoms with E-state index in [4.69, 9.17) is 0 Å². The Balaban J connectivity index is 1.88. The molecule has 1 heterocycles. The standard InChI is InChI=1S/C5H10B/c1-2-3-5-4-6-5/h5H,2-4H2,1H3. The lowest BCUT2D eigenvalue weighted by Crippen LogP contribution is -1.64. The zero-order chi connectivity index (χ0) is 4.41. The summed E-state index contributed by atoms with van der Waals surface area (Å²) in [5.74, 6) is 1.02. The summed E-state index contributed by atoms with van der Waals surface area (Å²) in [6.07, 6.45) is 4.19. The largest absolute Gasteiger partial charge is 0.112 e. The molecule has 0 saturated carbocycles. The summed E-state index contributed by atoms with van der Waals surface area (Å²) >= 11 is 0. The third-order valence-electron chi connectivity index (χ3n) is 1.23. The molecule has 6 heavy (non-hydrogen) atoms. The topological polar surface area (TPSA) is 0 Å². The molecule has 0 aromatic carbocycles. The van der Waals surface area contributed by atoms with Crippen LogP contribution in [0.25, 0.3) is 0 Å². The summed E-state index contributed by atoms with van der Waals surface area (Å²) in [6.45, 7) is 2.24. The Labute approximate surface area is 40.2 Å². The molecule has 0 nitrogen and oxygen atoms in total. The number of hydrogen-bond acceptors (Lipinski definition) is 0. The first-order valence-electron chi connectivity index (χ1n) is 2.77. The van der Waals surface area contributed by atoms with Gasteiger partial charge in [-0.15, -0.1) is 0 Å². The highest BCUT2D eigenvalue weighted by molar-refractivity contribution is 6.50. The van der Waals surface area contributed by atoms with Gasteiger partial charge in [-0.2, -0.15) is 0 Å². The van der Waals surface area contributed by atoms with E-state index in [2.05, 4.69) is 14.2 Å². The maximum Gasteiger partial charge on any atom is 0.112 e. The Bertz CT molecular complexity index is 39.2. The van der Waals surface area contributed by atoms with Crippen LogP contribution in [0.15, 0.2) is 0 Å². The van der Waals surface area contributed by atoms with E-state index in [9.17, 15) is 0 Å². The molecular weight excluding hydrogens is 70.9 g/mol. The van der Waals surface area contributed by atoms with E-state index in [1.165, 1.54) is 19.2 Å². The number of rotatable bonds is 2. The SMILES string of the molecule is CCCC1[B]C1. The molecule has 0 aromatic rings. The van der Waals surface area contributed by atoms with Gasteiger partial charge < -0.3 is 0 Å². The molecule has 1 radical (unpaired) electrons. The molecule has 0 N–H and O–H groups in total. The summed E-state index contributed by atoms with van der Waals surface area (Å²) in [4.78, 5) is 0. The van der Waals surface area contributed by atoms with Crippen LogP contribution in [0.1, 0.15) is 19.8 Å². The normalized spacial score (nSPS) is 29.2. The molecule has 1 aliphatic rings. The van der Waals surface area contributed by atoms with E-state index < -0.39 is 0 Å². The molecular formula is C5H10B. The van der Waals surface area contributed by atoms with Crippen LogP contribution in [0.5, 0.6) is 0 Å². The first-order valence-corrected chi connectivity index (χ1v) is 2.77. The van der Waals surface area contributed by atoms with Crippen LogP contribution in [0, 0.1) is 0 Å². The molecule has 0 aromatic heterocycles. The van der Waals surface area contributed by atoms with Crippen LogP contribution in [0.3, 0.4) is 0 Å². The Hall–Kier alpha value is 0.0649. The molecule has 0 spiro atoms. The van der Waals surface area contributed by atoms with Crippen LogP contribution < -0.4 is 0 Å². The van der Waals surface area contributed by atoms with E-state index in [1.807, 2.05) is 0 Å². The molecule has 0 amide bonds. The van der Waals surface area contributed by atoms with Crippen molar-refractivity contribution in [3.05, 3.63) is 0 Å². The highest BCUT2D eigenvalue weighted by atomic mass is 14.0. The van der Waals surface area contributed by atoms with Gasteiger partial charge in [0.2, 0.25) is 0 Å². The highest BCUT2D eigenvalue weighted by Gasteiger charge is 2.20. The van der Waals surface area contributed by atoms with E-state index in [0.717, 1.165) is 5.82 Å². The Morgan fingerprint density at radius 2 is 2.50 bits per heavy atom. The smallest absolute Gasteiger partial charge is 0.0841 e. The summed E-state index contributed by atoms with van der Waals surface area (Å²) in [6, 6.07) is 0. The second kappa shape index (κ2) is 1.68. The summed E-state index contributed by atoms with van der Waals surface area (Å²) in [5.41, 5.74) is 0. The van der Waals surface area contributed by atoms with Crippen LogP contribution in [0.4, 0.5) is 0 Å². The van der Waals surface area contributed by atoms with E-state index >= 15 is 0 Å². The van der Waals surface area contributed by atoms with Crippen molar-refractivity contribution in [3.8, 4) is 0 Å². The van der Waals surface area contributed by atoms with Crippen LogP contribution in [0.2, 0.25) is 12.1 Å². The second-order valence-corrected chi connectivity index (χ2v) is 2.02. The Kier molecular flexibility index (Phi) is 1.18. The van der Waals surface area contributed by atoms with Gasteiger partial charge in [-0.05, 0) is 0 Å². The minimum absolute atomic E-state index is 1.02. The van der Waals surface area contributed by atoms with Crippen LogP contribution in [-0.4, -0.2) is 7.28 Å². The molecule has 1 saturated heterocycles. The van der Waals surface area contributed by atoms with Crippen molar-refractivity contribution < 1.29 is 0 Å². The van der Waals surface area contributed by atoms with Crippen LogP contribution >= 0.6 is 0 Å². The van der Waals surface area contributed by atoms with Gasteiger partial charge >= 0.3 is 0 Å². The molecule has 1 unspecified atom stereocenters. The lowest BCUT2D eigenvalue weighted by molar-refractivity contribution is 0.817. The molecule has 0 bridgehead atoms. The average molecular weight is 80.9 g/mol. The fourth-order valence-corrected chi connectivity index (χ4v) is 0.703. The quantitative estimate of drug-likeness (QED) is 0.444. The molecule has 1 fully saturated rings. The van der Waals surface area contributed by atoms with Gasteiger partial charge in [-0.25, -0.2) is 0 Å². The van der Waals surface area contributed by atoms with E-state index in [1.54, 1.807) is 0 Å².